The number of carbonyl (C=O) groups excluding carboxylic acids is 2. The van der Waals surface area contributed by atoms with E-state index in [0.717, 1.165) is 11.1 Å². The Morgan fingerprint density at radius 2 is 1.40 bits per heavy atom. The number of amides is 2. The molecule has 0 atom stereocenters. The van der Waals surface area contributed by atoms with Gasteiger partial charge in [-0.05, 0) is 29.3 Å². The highest BCUT2D eigenvalue weighted by Crippen LogP contribution is 2.32. The maximum absolute atomic E-state index is 12.9. The van der Waals surface area contributed by atoms with Crippen LogP contribution in [0.1, 0.15) is 21.5 Å². The molecule has 1 N–H and O–H groups in total. The minimum Gasteiger partial charge on any atom is -0.454 e. The summed E-state index contributed by atoms with van der Waals surface area (Å²) in [7, 11) is 0. The third-order valence-corrected chi connectivity index (χ3v) is 4.82. The van der Waals surface area contributed by atoms with Gasteiger partial charge < -0.3 is 19.7 Å². The minimum absolute atomic E-state index is 0.0903. The number of hydrogen-bond donors (Lipinski definition) is 1. The van der Waals surface area contributed by atoms with Gasteiger partial charge in [0.1, 0.15) is 0 Å². The van der Waals surface area contributed by atoms with Crippen molar-refractivity contribution in [2.75, 3.05) is 13.3 Å². The smallest absolute Gasteiger partial charge is 0.251 e. The van der Waals surface area contributed by atoms with Crippen LogP contribution in [0, 0.1) is 0 Å². The van der Waals surface area contributed by atoms with E-state index in [1.807, 2.05) is 60.7 Å². The first-order chi connectivity index (χ1) is 14.7. The van der Waals surface area contributed by atoms with E-state index in [-0.39, 0.29) is 25.2 Å². The number of nitrogens with zero attached hydrogens (tertiary/aromatic N) is 1. The molecule has 3 aromatic carbocycles. The predicted molar refractivity (Wildman–Crippen MR) is 112 cm³/mol. The van der Waals surface area contributed by atoms with Crippen molar-refractivity contribution in [3.05, 3.63) is 95.6 Å². The van der Waals surface area contributed by atoms with E-state index in [4.69, 9.17) is 9.47 Å². The van der Waals surface area contributed by atoms with Gasteiger partial charge in [0.15, 0.2) is 11.5 Å². The van der Waals surface area contributed by atoms with Crippen LogP contribution >= 0.6 is 0 Å². The van der Waals surface area contributed by atoms with Crippen molar-refractivity contribution >= 4 is 11.8 Å². The molecule has 6 nitrogen and oxygen atoms in total. The Kier molecular flexibility index (Phi) is 5.94. The lowest BCUT2D eigenvalue weighted by atomic mass is 10.1. The van der Waals surface area contributed by atoms with Crippen LogP contribution in [0.5, 0.6) is 11.5 Å². The third-order valence-electron chi connectivity index (χ3n) is 4.82. The quantitative estimate of drug-likeness (QED) is 0.658. The summed E-state index contributed by atoms with van der Waals surface area (Å²) in [6.07, 6.45) is 0. The van der Waals surface area contributed by atoms with E-state index >= 15 is 0 Å². The molecule has 0 bridgehead atoms. The zero-order valence-corrected chi connectivity index (χ0v) is 16.4. The largest absolute Gasteiger partial charge is 0.454 e. The number of rotatable bonds is 7. The maximum atomic E-state index is 12.9. The van der Waals surface area contributed by atoms with Gasteiger partial charge in [-0.1, -0.05) is 60.7 Å². The molecule has 1 heterocycles. The van der Waals surface area contributed by atoms with Gasteiger partial charge in [-0.25, -0.2) is 0 Å². The normalized spacial score (nSPS) is 11.7. The molecule has 4 rings (SSSR count). The first-order valence-corrected chi connectivity index (χ1v) is 9.72. The molecule has 1 aliphatic heterocycles. The summed E-state index contributed by atoms with van der Waals surface area (Å²) in [6.45, 7) is 0.989. The summed E-state index contributed by atoms with van der Waals surface area (Å²) >= 11 is 0. The molecule has 3 aromatic rings. The van der Waals surface area contributed by atoms with Crippen molar-refractivity contribution in [1.82, 2.24) is 10.2 Å². The van der Waals surface area contributed by atoms with Crippen LogP contribution in [0.2, 0.25) is 0 Å². The first-order valence-electron chi connectivity index (χ1n) is 9.72. The van der Waals surface area contributed by atoms with E-state index in [9.17, 15) is 9.59 Å². The van der Waals surface area contributed by atoms with Crippen LogP contribution < -0.4 is 14.8 Å². The number of fused-ring (bicyclic) bond motifs is 1. The zero-order valence-electron chi connectivity index (χ0n) is 16.4. The predicted octanol–water partition coefficient (Wildman–Crippen LogP) is 3.37. The average Bonchev–Trinajstić information content (AvgIpc) is 3.26. The summed E-state index contributed by atoms with van der Waals surface area (Å²) in [5.41, 5.74) is 2.48. The number of ether oxygens (including phenoxy) is 2. The molecule has 0 aliphatic carbocycles. The van der Waals surface area contributed by atoms with Crippen molar-refractivity contribution in [3.63, 3.8) is 0 Å². The number of nitrogens with one attached hydrogen (secondary N) is 1. The maximum Gasteiger partial charge on any atom is 0.251 e. The number of carbonyl (C=O) groups is 2. The van der Waals surface area contributed by atoms with E-state index in [1.54, 1.807) is 23.1 Å². The van der Waals surface area contributed by atoms with Gasteiger partial charge in [0.2, 0.25) is 12.7 Å². The van der Waals surface area contributed by atoms with Crippen LogP contribution in [-0.4, -0.2) is 30.1 Å². The monoisotopic (exact) mass is 402 g/mol. The molecule has 30 heavy (non-hydrogen) atoms. The second-order valence-electron chi connectivity index (χ2n) is 6.97. The molecule has 2 amide bonds. The SMILES string of the molecule is O=C(NCC(=O)N(Cc1ccccc1)Cc1ccccc1)c1ccc2c(c1)OCO2. The van der Waals surface area contributed by atoms with Crippen molar-refractivity contribution in [2.24, 2.45) is 0 Å². The van der Waals surface area contributed by atoms with Gasteiger partial charge in [0, 0.05) is 18.7 Å². The Morgan fingerprint density at radius 3 is 2.03 bits per heavy atom. The summed E-state index contributed by atoms with van der Waals surface area (Å²) < 4.78 is 10.6. The Morgan fingerprint density at radius 1 is 0.800 bits per heavy atom. The highest BCUT2D eigenvalue weighted by molar-refractivity contribution is 5.97. The minimum atomic E-state index is -0.332. The highest BCUT2D eigenvalue weighted by Gasteiger charge is 2.19. The molecule has 0 saturated carbocycles. The fraction of sp³-hybridized carbons (Fsp3) is 0.167. The summed E-state index contributed by atoms with van der Waals surface area (Å²) in [5, 5.41) is 2.72. The van der Waals surface area contributed by atoms with Crippen LogP contribution in [0.3, 0.4) is 0 Å². The van der Waals surface area contributed by atoms with Gasteiger partial charge in [0.25, 0.3) is 5.91 Å². The van der Waals surface area contributed by atoms with Gasteiger partial charge in [-0.15, -0.1) is 0 Å². The Hall–Kier alpha value is -3.80. The first kappa shape index (κ1) is 19.5. The fourth-order valence-corrected chi connectivity index (χ4v) is 3.25. The summed E-state index contributed by atoms with van der Waals surface area (Å²) in [5.74, 6) is 0.654. The van der Waals surface area contributed by atoms with Crippen molar-refractivity contribution in [3.8, 4) is 11.5 Å². The topological polar surface area (TPSA) is 67.9 Å². The standard InChI is InChI=1S/C24H22N2O4/c27-23(14-25-24(28)20-11-12-21-22(13-20)30-17-29-21)26(15-18-7-3-1-4-8-18)16-19-9-5-2-6-10-19/h1-13H,14-17H2,(H,25,28). The van der Waals surface area contributed by atoms with Crippen molar-refractivity contribution < 1.29 is 19.1 Å². The number of hydrogen-bond acceptors (Lipinski definition) is 4. The van der Waals surface area contributed by atoms with Gasteiger partial charge in [0.05, 0.1) is 6.54 Å². The second-order valence-corrected chi connectivity index (χ2v) is 6.97. The molecular weight excluding hydrogens is 380 g/mol. The molecule has 152 valence electrons. The van der Waals surface area contributed by atoms with E-state index in [2.05, 4.69) is 5.32 Å². The Labute approximate surface area is 175 Å². The zero-order chi connectivity index (χ0) is 20.8. The molecule has 0 aromatic heterocycles. The molecule has 0 radical (unpaired) electrons. The highest BCUT2D eigenvalue weighted by atomic mass is 16.7. The fourth-order valence-electron chi connectivity index (χ4n) is 3.25. The third kappa shape index (κ3) is 4.78. The van der Waals surface area contributed by atoms with Gasteiger partial charge in [-0.3, -0.25) is 9.59 Å². The van der Waals surface area contributed by atoms with Crippen molar-refractivity contribution in [2.45, 2.75) is 13.1 Å². The van der Waals surface area contributed by atoms with Crippen LogP contribution in [0.25, 0.3) is 0 Å². The van der Waals surface area contributed by atoms with Gasteiger partial charge in [-0.2, -0.15) is 0 Å². The number of benzene rings is 3. The van der Waals surface area contributed by atoms with Crippen LogP contribution in [0.15, 0.2) is 78.9 Å². The summed E-state index contributed by atoms with van der Waals surface area (Å²) in [4.78, 5) is 27.2. The lowest BCUT2D eigenvalue weighted by molar-refractivity contribution is -0.131. The summed E-state index contributed by atoms with van der Waals surface area (Å²) in [6, 6.07) is 24.6. The van der Waals surface area contributed by atoms with Crippen molar-refractivity contribution in [1.29, 1.82) is 0 Å². The molecule has 0 spiro atoms. The van der Waals surface area contributed by atoms with E-state index in [1.165, 1.54) is 0 Å². The van der Waals surface area contributed by atoms with Gasteiger partial charge >= 0.3 is 0 Å². The second kappa shape index (κ2) is 9.13. The molecule has 1 aliphatic rings. The Balaban J connectivity index is 1.42. The average molecular weight is 402 g/mol. The van der Waals surface area contributed by atoms with Crippen LogP contribution in [0.4, 0.5) is 0 Å². The van der Waals surface area contributed by atoms with E-state index in [0.29, 0.717) is 30.2 Å². The lowest BCUT2D eigenvalue weighted by Crippen LogP contribution is -2.39. The van der Waals surface area contributed by atoms with Crippen LogP contribution in [-0.2, 0) is 17.9 Å². The lowest BCUT2D eigenvalue weighted by Gasteiger charge is -2.23. The molecular formula is C24H22N2O4. The molecule has 0 unspecified atom stereocenters. The Bertz CT molecular complexity index is 980. The molecule has 0 fully saturated rings. The molecule has 6 heteroatoms. The van der Waals surface area contributed by atoms with E-state index < -0.39 is 0 Å². The molecule has 0 saturated heterocycles.